The van der Waals surface area contributed by atoms with E-state index in [2.05, 4.69) is 4.98 Å². The number of Topliss-reactive ketones (excluding diaryl/α,β-unsaturated/α-hetero) is 1. The SMILES string of the molecule is CC(=O)c1ccccc1OCCSc1nc2ccccc2c(=O)n1-c1ccc(F)cc1F. The van der Waals surface area contributed by atoms with Gasteiger partial charge in [0.15, 0.2) is 10.9 Å². The summed E-state index contributed by atoms with van der Waals surface area (Å²) in [6.45, 7) is 1.69. The van der Waals surface area contributed by atoms with Crippen molar-refractivity contribution in [2.45, 2.75) is 12.1 Å². The summed E-state index contributed by atoms with van der Waals surface area (Å²) in [6.07, 6.45) is 0. The van der Waals surface area contributed by atoms with E-state index in [9.17, 15) is 18.4 Å². The summed E-state index contributed by atoms with van der Waals surface area (Å²) in [5, 5.41) is 0.579. The molecule has 0 N–H and O–H groups in total. The van der Waals surface area contributed by atoms with E-state index in [0.717, 1.165) is 16.7 Å². The lowest BCUT2D eigenvalue weighted by atomic mass is 10.1. The number of hydrogen-bond donors (Lipinski definition) is 0. The molecule has 1 aromatic heterocycles. The molecular formula is C24H18F2N2O3S. The predicted molar refractivity (Wildman–Crippen MR) is 120 cm³/mol. The number of nitrogens with zero attached hydrogens (tertiary/aromatic N) is 2. The molecule has 0 saturated carbocycles. The van der Waals surface area contributed by atoms with Crippen molar-refractivity contribution >= 4 is 28.4 Å². The second-order valence-electron chi connectivity index (χ2n) is 6.90. The summed E-state index contributed by atoms with van der Waals surface area (Å²) in [5.41, 5.74) is 0.416. The number of halogens is 2. The zero-order valence-corrected chi connectivity index (χ0v) is 17.9. The molecule has 4 rings (SSSR count). The Hall–Kier alpha value is -3.52. The summed E-state index contributed by atoms with van der Waals surface area (Å²) in [4.78, 5) is 29.4. The molecule has 0 atom stereocenters. The zero-order valence-electron chi connectivity index (χ0n) is 17.0. The number of ketones is 1. The number of carbonyl (C=O) groups excluding carboxylic acids is 1. The molecule has 3 aromatic carbocycles. The molecule has 0 radical (unpaired) electrons. The van der Waals surface area contributed by atoms with Gasteiger partial charge in [-0.25, -0.2) is 13.8 Å². The van der Waals surface area contributed by atoms with Gasteiger partial charge in [0, 0.05) is 11.8 Å². The molecule has 0 amide bonds. The van der Waals surface area contributed by atoms with Crippen LogP contribution in [0, 0.1) is 11.6 Å². The first kappa shape index (κ1) is 21.7. The molecule has 0 aliphatic heterocycles. The van der Waals surface area contributed by atoms with E-state index in [-0.39, 0.29) is 23.2 Å². The van der Waals surface area contributed by atoms with E-state index in [0.29, 0.717) is 28.0 Å². The van der Waals surface area contributed by atoms with Crippen molar-refractivity contribution in [3.8, 4) is 11.4 Å². The third-order valence-corrected chi connectivity index (χ3v) is 5.64. The lowest BCUT2D eigenvalue weighted by Crippen LogP contribution is -2.23. The van der Waals surface area contributed by atoms with Crippen molar-refractivity contribution < 1.29 is 18.3 Å². The highest BCUT2D eigenvalue weighted by molar-refractivity contribution is 7.99. The summed E-state index contributed by atoms with van der Waals surface area (Å²) >= 11 is 1.20. The molecule has 5 nitrogen and oxygen atoms in total. The van der Waals surface area contributed by atoms with Gasteiger partial charge in [-0.2, -0.15) is 0 Å². The van der Waals surface area contributed by atoms with E-state index < -0.39 is 17.2 Å². The van der Waals surface area contributed by atoms with Crippen LogP contribution in [0.25, 0.3) is 16.6 Å². The van der Waals surface area contributed by atoms with Crippen LogP contribution in [0.5, 0.6) is 5.75 Å². The average Bonchev–Trinajstić information content (AvgIpc) is 2.78. The Labute approximate surface area is 186 Å². The van der Waals surface area contributed by atoms with Crippen LogP contribution in [0.3, 0.4) is 0 Å². The number of fused-ring (bicyclic) bond motifs is 1. The number of ether oxygens (including phenoxy) is 1. The van der Waals surface area contributed by atoms with Gasteiger partial charge >= 0.3 is 0 Å². The smallest absolute Gasteiger partial charge is 0.266 e. The molecule has 162 valence electrons. The maximum atomic E-state index is 14.5. The van der Waals surface area contributed by atoms with Gasteiger partial charge in [-0.05, 0) is 43.3 Å². The Bertz CT molecular complexity index is 1370. The van der Waals surface area contributed by atoms with Crippen molar-refractivity contribution in [1.29, 1.82) is 0 Å². The van der Waals surface area contributed by atoms with Crippen LogP contribution in [0.4, 0.5) is 8.78 Å². The van der Waals surface area contributed by atoms with Crippen molar-refractivity contribution in [3.05, 3.63) is 94.3 Å². The Morgan fingerprint density at radius 2 is 1.81 bits per heavy atom. The Kier molecular flexibility index (Phi) is 6.32. The number of thioether (sulfide) groups is 1. The number of rotatable bonds is 7. The topological polar surface area (TPSA) is 61.2 Å². The summed E-state index contributed by atoms with van der Waals surface area (Å²) in [6, 6.07) is 16.7. The van der Waals surface area contributed by atoms with Gasteiger partial charge in [-0.3, -0.25) is 14.2 Å². The molecule has 0 unspecified atom stereocenters. The first-order valence-electron chi connectivity index (χ1n) is 9.78. The highest BCUT2D eigenvalue weighted by Gasteiger charge is 2.17. The van der Waals surface area contributed by atoms with Crippen molar-refractivity contribution in [1.82, 2.24) is 9.55 Å². The number of hydrogen-bond acceptors (Lipinski definition) is 5. The highest BCUT2D eigenvalue weighted by atomic mass is 32.2. The van der Waals surface area contributed by atoms with Crippen LogP contribution >= 0.6 is 11.8 Å². The van der Waals surface area contributed by atoms with E-state index in [1.807, 2.05) is 0 Å². The van der Waals surface area contributed by atoms with Crippen molar-refractivity contribution in [2.24, 2.45) is 0 Å². The standard InChI is InChI=1S/C24H18F2N2O3S/c1-15(29)17-6-3-5-9-22(17)31-12-13-32-24-27-20-8-4-2-7-18(20)23(30)28(24)21-11-10-16(25)14-19(21)26/h2-11,14H,12-13H2,1H3. The van der Waals surface area contributed by atoms with Gasteiger partial charge in [0.1, 0.15) is 17.4 Å². The second kappa shape index (κ2) is 9.32. The fourth-order valence-corrected chi connectivity index (χ4v) is 4.07. The fraction of sp³-hybridized carbons (Fsp3) is 0.125. The van der Waals surface area contributed by atoms with Gasteiger partial charge in [0.2, 0.25) is 0 Å². The Balaban J connectivity index is 1.65. The molecule has 0 bridgehead atoms. The minimum absolute atomic E-state index is 0.0833. The molecular weight excluding hydrogens is 434 g/mol. The number of carbonyl (C=O) groups is 1. The van der Waals surface area contributed by atoms with E-state index in [4.69, 9.17) is 4.74 Å². The van der Waals surface area contributed by atoms with Crippen LogP contribution in [-0.2, 0) is 0 Å². The van der Waals surface area contributed by atoms with Gasteiger partial charge in [-0.1, -0.05) is 36.0 Å². The zero-order chi connectivity index (χ0) is 22.7. The molecule has 4 aromatic rings. The van der Waals surface area contributed by atoms with E-state index in [1.165, 1.54) is 24.8 Å². The first-order valence-corrected chi connectivity index (χ1v) is 10.8. The molecule has 0 saturated heterocycles. The minimum Gasteiger partial charge on any atom is -0.492 e. The second-order valence-corrected chi connectivity index (χ2v) is 7.96. The van der Waals surface area contributed by atoms with Crippen LogP contribution in [0.15, 0.2) is 76.7 Å². The van der Waals surface area contributed by atoms with Gasteiger partial charge in [-0.15, -0.1) is 0 Å². The molecule has 32 heavy (non-hydrogen) atoms. The lowest BCUT2D eigenvalue weighted by Gasteiger charge is -2.14. The van der Waals surface area contributed by atoms with Gasteiger partial charge in [0.05, 0.1) is 28.8 Å². The van der Waals surface area contributed by atoms with Gasteiger partial charge < -0.3 is 4.74 Å². The monoisotopic (exact) mass is 452 g/mol. The maximum absolute atomic E-state index is 14.5. The molecule has 8 heteroatoms. The molecule has 0 fully saturated rings. The van der Waals surface area contributed by atoms with Crippen LogP contribution < -0.4 is 10.3 Å². The molecule has 0 spiro atoms. The largest absolute Gasteiger partial charge is 0.492 e. The molecule has 1 heterocycles. The molecule has 0 aliphatic carbocycles. The average molecular weight is 452 g/mol. The van der Waals surface area contributed by atoms with Crippen molar-refractivity contribution in [3.63, 3.8) is 0 Å². The maximum Gasteiger partial charge on any atom is 0.266 e. The van der Waals surface area contributed by atoms with E-state index >= 15 is 0 Å². The van der Waals surface area contributed by atoms with Crippen LogP contribution in [0.2, 0.25) is 0 Å². The number of benzene rings is 3. The summed E-state index contributed by atoms with van der Waals surface area (Å²) in [7, 11) is 0. The van der Waals surface area contributed by atoms with Gasteiger partial charge in [0.25, 0.3) is 5.56 Å². The van der Waals surface area contributed by atoms with Crippen molar-refractivity contribution in [2.75, 3.05) is 12.4 Å². The number of para-hydroxylation sites is 2. The summed E-state index contributed by atoms with van der Waals surface area (Å²) < 4.78 is 34.8. The third-order valence-electron chi connectivity index (χ3n) is 4.73. The van der Waals surface area contributed by atoms with Crippen LogP contribution in [0.1, 0.15) is 17.3 Å². The van der Waals surface area contributed by atoms with Crippen LogP contribution in [-0.4, -0.2) is 27.7 Å². The predicted octanol–water partition coefficient (Wildman–Crippen LogP) is 5.04. The third kappa shape index (κ3) is 4.40. The Morgan fingerprint density at radius 1 is 1.06 bits per heavy atom. The minimum atomic E-state index is -0.863. The molecule has 0 aliphatic rings. The normalized spacial score (nSPS) is 11.0. The quantitative estimate of drug-likeness (QED) is 0.170. The fourth-order valence-electron chi connectivity index (χ4n) is 3.25. The summed E-state index contributed by atoms with van der Waals surface area (Å²) in [5.74, 6) is -0.864. The lowest BCUT2D eigenvalue weighted by molar-refractivity contribution is 0.101. The van der Waals surface area contributed by atoms with E-state index in [1.54, 1.807) is 48.5 Å². The number of aromatic nitrogens is 2. The highest BCUT2D eigenvalue weighted by Crippen LogP contribution is 2.24. The first-order chi connectivity index (χ1) is 15.5. The Morgan fingerprint density at radius 3 is 2.59 bits per heavy atom.